The molecule has 1 aromatic heterocycles. The Kier molecular flexibility index (Phi) is 8.68. The Bertz CT molecular complexity index is 1570. The van der Waals surface area contributed by atoms with E-state index in [1.807, 2.05) is 59.2 Å². The maximum absolute atomic E-state index is 13.2. The standard InChI is InChI=1S/C30H33N5O3S2/c1-3-22-12-10-13-23(4-2)28(22)31-27(36)21-39-30-33-32-29(35(30)25-15-6-5-7-16-25)24-14-11-17-26(20-24)40(37,38)34-18-8-9-19-34/h5-7,10-17,20H,3-4,8-9,18-19,21H2,1-2H3,(H,31,36). The summed E-state index contributed by atoms with van der Waals surface area (Å²) in [6.45, 7) is 5.24. The van der Waals surface area contributed by atoms with Crippen LogP contribution in [0, 0.1) is 0 Å². The number of aromatic nitrogens is 3. The summed E-state index contributed by atoms with van der Waals surface area (Å²) < 4.78 is 29.9. The van der Waals surface area contributed by atoms with Crippen LogP contribution in [0.25, 0.3) is 17.1 Å². The number of hydrogen-bond acceptors (Lipinski definition) is 6. The third kappa shape index (κ3) is 5.84. The summed E-state index contributed by atoms with van der Waals surface area (Å²) in [5, 5.41) is 12.5. The van der Waals surface area contributed by atoms with Crippen molar-refractivity contribution in [2.24, 2.45) is 0 Å². The van der Waals surface area contributed by atoms with E-state index >= 15 is 0 Å². The van der Waals surface area contributed by atoms with Crippen LogP contribution >= 0.6 is 11.8 Å². The molecule has 0 radical (unpaired) electrons. The van der Waals surface area contributed by atoms with Gasteiger partial charge in [-0.3, -0.25) is 9.36 Å². The predicted octanol–water partition coefficient (Wildman–Crippen LogP) is 5.57. The average molecular weight is 576 g/mol. The molecule has 0 bridgehead atoms. The first-order valence-electron chi connectivity index (χ1n) is 13.6. The first kappa shape index (κ1) is 28.1. The Labute approximate surface area is 239 Å². The quantitative estimate of drug-likeness (QED) is 0.248. The first-order chi connectivity index (χ1) is 19.4. The summed E-state index contributed by atoms with van der Waals surface area (Å²) >= 11 is 1.29. The van der Waals surface area contributed by atoms with Gasteiger partial charge in [0.2, 0.25) is 15.9 Å². The van der Waals surface area contributed by atoms with Crippen LogP contribution < -0.4 is 5.32 Å². The zero-order valence-corrected chi connectivity index (χ0v) is 24.3. The number of hydrogen-bond donors (Lipinski definition) is 1. The van der Waals surface area contributed by atoms with Crippen molar-refractivity contribution in [3.63, 3.8) is 0 Å². The second kappa shape index (κ2) is 12.4. The van der Waals surface area contributed by atoms with Crippen LogP contribution in [-0.2, 0) is 27.7 Å². The van der Waals surface area contributed by atoms with Crippen molar-refractivity contribution in [3.8, 4) is 17.1 Å². The van der Waals surface area contributed by atoms with Crippen molar-refractivity contribution in [2.75, 3.05) is 24.2 Å². The molecule has 4 aromatic rings. The van der Waals surface area contributed by atoms with Crippen molar-refractivity contribution in [3.05, 3.63) is 83.9 Å². The van der Waals surface area contributed by atoms with Gasteiger partial charge in [0.05, 0.1) is 10.6 Å². The van der Waals surface area contributed by atoms with Crippen LogP contribution in [0.1, 0.15) is 37.8 Å². The number of thioether (sulfide) groups is 1. The van der Waals surface area contributed by atoms with E-state index in [4.69, 9.17) is 0 Å². The van der Waals surface area contributed by atoms with E-state index in [1.54, 1.807) is 18.2 Å². The van der Waals surface area contributed by atoms with Crippen molar-refractivity contribution in [1.29, 1.82) is 0 Å². The van der Waals surface area contributed by atoms with E-state index in [9.17, 15) is 13.2 Å². The molecule has 1 N–H and O–H groups in total. The highest BCUT2D eigenvalue weighted by atomic mass is 32.2. The predicted molar refractivity (Wildman–Crippen MR) is 159 cm³/mol. The van der Waals surface area contributed by atoms with Gasteiger partial charge >= 0.3 is 0 Å². The van der Waals surface area contributed by atoms with Gasteiger partial charge < -0.3 is 5.32 Å². The minimum atomic E-state index is -3.58. The SMILES string of the molecule is CCc1cccc(CC)c1NC(=O)CSc1nnc(-c2cccc(S(=O)(=O)N3CCCC3)c2)n1-c1ccccc1. The van der Waals surface area contributed by atoms with Crippen LogP contribution in [0.5, 0.6) is 0 Å². The highest BCUT2D eigenvalue weighted by Gasteiger charge is 2.28. The Balaban J connectivity index is 1.44. The van der Waals surface area contributed by atoms with Gasteiger partial charge in [-0.2, -0.15) is 4.31 Å². The summed E-state index contributed by atoms with van der Waals surface area (Å²) in [5.41, 5.74) is 4.56. The Morgan fingerprint density at radius 3 is 2.25 bits per heavy atom. The van der Waals surface area contributed by atoms with Gasteiger partial charge in [0.15, 0.2) is 11.0 Å². The number of rotatable bonds is 10. The number of para-hydroxylation sites is 2. The number of nitrogens with one attached hydrogen (secondary N) is 1. The number of nitrogens with zero attached hydrogens (tertiary/aromatic N) is 4. The summed E-state index contributed by atoms with van der Waals surface area (Å²) in [6.07, 6.45) is 3.40. The molecule has 40 heavy (non-hydrogen) atoms. The van der Waals surface area contributed by atoms with E-state index in [0.717, 1.165) is 48.2 Å². The maximum atomic E-state index is 13.2. The lowest BCUT2D eigenvalue weighted by atomic mass is 10.0. The summed E-state index contributed by atoms with van der Waals surface area (Å²) in [4.78, 5) is 13.3. The molecule has 10 heteroatoms. The molecule has 208 valence electrons. The van der Waals surface area contributed by atoms with E-state index in [-0.39, 0.29) is 16.6 Å². The third-order valence-electron chi connectivity index (χ3n) is 7.04. The molecule has 1 aliphatic heterocycles. The molecule has 0 atom stereocenters. The van der Waals surface area contributed by atoms with E-state index in [2.05, 4.69) is 29.4 Å². The number of carbonyl (C=O) groups is 1. The second-order valence-corrected chi connectivity index (χ2v) is 12.5. The van der Waals surface area contributed by atoms with Crippen molar-refractivity contribution in [1.82, 2.24) is 19.1 Å². The largest absolute Gasteiger partial charge is 0.325 e. The number of sulfonamides is 1. The highest BCUT2D eigenvalue weighted by molar-refractivity contribution is 7.99. The lowest BCUT2D eigenvalue weighted by Gasteiger charge is -2.16. The Morgan fingerprint density at radius 1 is 0.900 bits per heavy atom. The van der Waals surface area contributed by atoms with Crippen LogP contribution in [-0.4, -0.2) is 52.2 Å². The molecular formula is C30H33N5O3S2. The van der Waals surface area contributed by atoms with Crippen molar-refractivity contribution < 1.29 is 13.2 Å². The number of benzene rings is 3. The molecule has 0 unspecified atom stereocenters. The normalized spacial score (nSPS) is 13.9. The summed E-state index contributed by atoms with van der Waals surface area (Å²) in [7, 11) is -3.58. The fraction of sp³-hybridized carbons (Fsp3) is 0.300. The van der Waals surface area contributed by atoms with Crippen LogP contribution in [0.15, 0.2) is 82.8 Å². The molecule has 3 aromatic carbocycles. The third-order valence-corrected chi connectivity index (χ3v) is 9.86. The molecule has 1 saturated heterocycles. The lowest BCUT2D eigenvalue weighted by molar-refractivity contribution is -0.113. The van der Waals surface area contributed by atoms with Crippen molar-refractivity contribution >= 4 is 33.4 Å². The number of carbonyl (C=O) groups excluding carboxylic acids is 1. The van der Waals surface area contributed by atoms with Crippen LogP contribution in [0.4, 0.5) is 5.69 Å². The first-order valence-corrected chi connectivity index (χ1v) is 16.0. The molecule has 1 amide bonds. The van der Waals surface area contributed by atoms with E-state index in [1.165, 1.54) is 16.1 Å². The zero-order valence-electron chi connectivity index (χ0n) is 22.7. The highest BCUT2D eigenvalue weighted by Crippen LogP contribution is 2.31. The topological polar surface area (TPSA) is 97.2 Å². The molecule has 2 heterocycles. The monoisotopic (exact) mass is 575 g/mol. The molecule has 1 fully saturated rings. The van der Waals surface area contributed by atoms with E-state index < -0.39 is 10.0 Å². The molecule has 8 nitrogen and oxygen atoms in total. The molecule has 5 rings (SSSR count). The minimum absolute atomic E-state index is 0.122. The molecule has 0 spiro atoms. The van der Waals surface area contributed by atoms with Gasteiger partial charge in [-0.25, -0.2) is 8.42 Å². The average Bonchev–Trinajstić information content (AvgIpc) is 3.68. The molecule has 0 aliphatic carbocycles. The van der Waals surface area contributed by atoms with E-state index in [0.29, 0.717) is 29.6 Å². The second-order valence-electron chi connectivity index (χ2n) is 9.61. The fourth-order valence-corrected chi connectivity index (χ4v) is 7.26. The van der Waals surface area contributed by atoms with Gasteiger partial charge in [-0.15, -0.1) is 10.2 Å². The maximum Gasteiger partial charge on any atom is 0.243 e. The smallest absolute Gasteiger partial charge is 0.243 e. The van der Waals surface area contributed by atoms with Gasteiger partial charge in [0.1, 0.15) is 0 Å². The molecule has 1 aliphatic rings. The van der Waals surface area contributed by atoms with Crippen LogP contribution in [0.2, 0.25) is 0 Å². The Morgan fingerprint density at radius 2 is 1.57 bits per heavy atom. The van der Waals surface area contributed by atoms with Gasteiger partial charge in [-0.05, 0) is 61.1 Å². The number of anilines is 1. The van der Waals surface area contributed by atoms with Crippen LogP contribution in [0.3, 0.4) is 0 Å². The van der Waals surface area contributed by atoms with Crippen molar-refractivity contribution in [2.45, 2.75) is 49.6 Å². The Hall–Kier alpha value is -3.47. The van der Waals surface area contributed by atoms with Gasteiger partial charge in [-0.1, -0.05) is 74.1 Å². The number of amides is 1. The van der Waals surface area contributed by atoms with Gasteiger partial charge in [0.25, 0.3) is 0 Å². The molecule has 0 saturated carbocycles. The number of aryl methyl sites for hydroxylation is 2. The van der Waals surface area contributed by atoms with Gasteiger partial charge in [0, 0.05) is 30.0 Å². The summed E-state index contributed by atoms with van der Waals surface area (Å²) in [5.74, 6) is 0.538. The fourth-order valence-electron chi connectivity index (χ4n) is 4.94. The minimum Gasteiger partial charge on any atom is -0.325 e. The summed E-state index contributed by atoms with van der Waals surface area (Å²) in [6, 6.07) is 22.6. The molecular weight excluding hydrogens is 542 g/mol. The lowest BCUT2D eigenvalue weighted by Crippen LogP contribution is -2.27. The zero-order chi connectivity index (χ0) is 28.1.